The lowest BCUT2D eigenvalue weighted by Crippen LogP contribution is -2.09. The van der Waals surface area contributed by atoms with Crippen LogP contribution < -0.4 is 0 Å². The zero-order valence-electron chi connectivity index (χ0n) is 9.99. The van der Waals surface area contributed by atoms with Gasteiger partial charge in [-0.15, -0.1) is 0 Å². The van der Waals surface area contributed by atoms with Crippen LogP contribution in [-0.2, 0) is 11.2 Å². The van der Waals surface area contributed by atoms with E-state index in [2.05, 4.69) is 4.74 Å². The molecule has 0 saturated carbocycles. The van der Waals surface area contributed by atoms with Crippen LogP contribution >= 0.6 is 0 Å². The van der Waals surface area contributed by atoms with Gasteiger partial charge in [0.25, 0.3) is 5.69 Å². The van der Waals surface area contributed by atoms with Crippen LogP contribution in [0, 0.1) is 21.4 Å². The van der Waals surface area contributed by atoms with E-state index in [1.165, 1.54) is 25.4 Å². The summed E-state index contributed by atoms with van der Waals surface area (Å²) in [7, 11) is 1.22. The van der Waals surface area contributed by atoms with Gasteiger partial charge >= 0.3 is 6.09 Å². The summed E-state index contributed by atoms with van der Waals surface area (Å²) in [6.45, 7) is 0. The molecule has 96 valence electrons. The Morgan fingerprint density at radius 1 is 1.58 bits per heavy atom. The molecule has 2 aromatic rings. The fraction of sp³-hybridized carbons (Fsp3) is 0.167. The van der Waals surface area contributed by atoms with Crippen LogP contribution in [0.3, 0.4) is 0 Å². The highest BCUT2D eigenvalue weighted by molar-refractivity contribution is 5.97. The topological polar surface area (TPSA) is 98.2 Å². The Hall–Kier alpha value is -2.88. The first-order chi connectivity index (χ1) is 9.10. The molecule has 0 aliphatic heterocycles. The van der Waals surface area contributed by atoms with Crippen molar-refractivity contribution >= 4 is 22.7 Å². The molecule has 0 atom stereocenters. The Bertz CT molecular complexity index is 712. The van der Waals surface area contributed by atoms with Crippen molar-refractivity contribution in [2.75, 3.05) is 7.11 Å². The molecule has 1 aromatic heterocycles. The molecular weight excluding hydrogens is 250 g/mol. The Morgan fingerprint density at radius 3 is 2.89 bits per heavy atom. The van der Waals surface area contributed by atoms with Gasteiger partial charge in [-0.25, -0.2) is 4.79 Å². The number of ether oxygens (including phenoxy) is 1. The molecule has 0 aliphatic rings. The Kier molecular flexibility index (Phi) is 3.16. The maximum Gasteiger partial charge on any atom is 0.418 e. The molecular formula is C12H9N3O4. The maximum absolute atomic E-state index is 11.6. The Labute approximate surface area is 107 Å². The third-order valence-corrected chi connectivity index (χ3v) is 2.72. The first-order valence-corrected chi connectivity index (χ1v) is 5.32. The van der Waals surface area contributed by atoms with Crippen molar-refractivity contribution in [3.05, 3.63) is 40.1 Å². The number of nitriles is 1. The molecule has 0 unspecified atom stereocenters. The second kappa shape index (κ2) is 4.78. The van der Waals surface area contributed by atoms with Gasteiger partial charge in [0.2, 0.25) is 0 Å². The van der Waals surface area contributed by atoms with E-state index in [1.54, 1.807) is 6.07 Å². The fourth-order valence-electron chi connectivity index (χ4n) is 1.97. The molecule has 0 aliphatic carbocycles. The number of fused-ring (bicyclic) bond motifs is 1. The van der Waals surface area contributed by atoms with Gasteiger partial charge in [-0.3, -0.25) is 14.7 Å². The highest BCUT2D eigenvalue weighted by atomic mass is 16.6. The van der Waals surface area contributed by atoms with E-state index in [9.17, 15) is 14.9 Å². The summed E-state index contributed by atoms with van der Waals surface area (Å²) in [4.78, 5) is 22.1. The van der Waals surface area contributed by atoms with E-state index in [-0.39, 0.29) is 12.1 Å². The van der Waals surface area contributed by atoms with Crippen LogP contribution in [0.25, 0.3) is 10.9 Å². The van der Waals surface area contributed by atoms with Crippen molar-refractivity contribution in [3.63, 3.8) is 0 Å². The average Bonchev–Trinajstić information content (AvgIpc) is 2.77. The Balaban J connectivity index is 2.83. The molecule has 2 rings (SSSR count). The standard InChI is InChI=1S/C12H9N3O4/c1-19-12(16)14-7-8(5-6-13)11-9(14)3-2-4-10(11)15(17)18/h2-4,7H,5H2,1H3. The predicted octanol–water partition coefficient (Wildman–Crippen LogP) is 2.23. The van der Waals surface area contributed by atoms with Gasteiger partial charge < -0.3 is 4.74 Å². The molecule has 19 heavy (non-hydrogen) atoms. The van der Waals surface area contributed by atoms with Gasteiger partial charge in [-0.1, -0.05) is 6.07 Å². The van der Waals surface area contributed by atoms with Gasteiger partial charge in [0.15, 0.2) is 0 Å². The summed E-state index contributed by atoms with van der Waals surface area (Å²) < 4.78 is 5.77. The normalized spacial score (nSPS) is 10.1. The number of nitrogens with zero attached hydrogens (tertiary/aromatic N) is 3. The Morgan fingerprint density at radius 2 is 2.32 bits per heavy atom. The van der Waals surface area contributed by atoms with Crippen LogP contribution in [0.4, 0.5) is 10.5 Å². The number of aromatic nitrogens is 1. The van der Waals surface area contributed by atoms with Crippen molar-refractivity contribution < 1.29 is 14.5 Å². The summed E-state index contributed by atoms with van der Waals surface area (Å²) in [5, 5.41) is 20.1. The quantitative estimate of drug-likeness (QED) is 0.608. The maximum atomic E-state index is 11.6. The molecule has 0 fully saturated rings. The summed E-state index contributed by atoms with van der Waals surface area (Å²) in [5.41, 5.74) is 0.645. The van der Waals surface area contributed by atoms with Gasteiger partial charge in [-0.05, 0) is 11.6 Å². The fourth-order valence-corrected chi connectivity index (χ4v) is 1.97. The smallest absolute Gasteiger partial charge is 0.418 e. The number of nitro groups is 1. The third-order valence-electron chi connectivity index (χ3n) is 2.72. The molecule has 7 nitrogen and oxygen atoms in total. The largest absolute Gasteiger partial charge is 0.452 e. The number of benzene rings is 1. The molecule has 0 bridgehead atoms. The summed E-state index contributed by atoms with van der Waals surface area (Å²) in [5.74, 6) is 0. The zero-order valence-corrected chi connectivity index (χ0v) is 9.99. The molecule has 0 radical (unpaired) electrons. The molecule has 0 spiro atoms. The van der Waals surface area contributed by atoms with Crippen LogP contribution in [0.5, 0.6) is 0 Å². The lowest BCUT2D eigenvalue weighted by atomic mass is 10.1. The lowest BCUT2D eigenvalue weighted by molar-refractivity contribution is -0.383. The molecule has 0 saturated heterocycles. The summed E-state index contributed by atoms with van der Waals surface area (Å²) in [6.07, 6.45) is 0.715. The van der Waals surface area contributed by atoms with Gasteiger partial charge in [0.05, 0.1) is 35.4 Å². The SMILES string of the molecule is COC(=O)n1cc(CC#N)c2c([N+](=O)[O-])cccc21. The number of hydrogen-bond acceptors (Lipinski definition) is 5. The van der Waals surface area contributed by atoms with E-state index >= 15 is 0 Å². The molecule has 0 N–H and O–H groups in total. The molecule has 1 heterocycles. The van der Waals surface area contributed by atoms with Gasteiger partial charge in [-0.2, -0.15) is 5.26 Å². The minimum absolute atomic E-state index is 0.0225. The molecule has 0 amide bonds. The van der Waals surface area contributed by atoms with Gasteiger partial charge in [0, 0.05) is 12.3 Å². The highest BCUT2D eigenvalue weighted by Gasteiger charge is 2.21. The van der Waals surface area contributed by atoms with Crippen molar-refractivity contribution in [2.45, 2.75) is 6.42 Å². The average molecular weight is 259 g/mol. The first kappa shape index (κ1) is 12.6. The minimum Gasteiger partial charge on any atom is -0.452 e. The van der Waals surface area contributed by atoms with E-state index in [0.717, 1.165) is 4.57 Å². The number of hydrogen-bond donors (Lipinski definition) is 0. The van der Waals surface area contributed by atoms with Crippen molar-refractivity contribution in [1.29, 1.82) is 5.26 Å². The number of carbonyl (C=O) groups is 1. The van der Waals surface area contributed by atoms with E-state index in [1.807, 2.05) is 6.07 Å². The number of methoxy groups -OCH3 is 1. The van der Waals surface area contributed by atoms with Crippen LogP contribution in [-0.4, -0.2) is 22.7 Å². The molecule has 7 heteroatoms. The monoisotopic (exact) mass is 259 g/mol. The molecule has 1 aromatic carbocycles. The zero-order chi connectivity index (χ0) is 14.0. The van der Waals surface area contributed by atoms with Crippen molar-refractivity contribution in [3.8, 4) is 6.07 Å². The number of nitro benzene ring substituents is 1. The first-order valence-electron chi connectivity index (χ1n) is 5.32. The lowest BCUT2D eigenvalue weighted by Gasteiger charge is -2.01. The van der Waals surface area contributed by atoms with Crippen LogP contribution in [0.15, 0.2) is 24.4 Å². The van der Waals surface area contributed by atoms with Crippen molar-refractivity contribution in [2.24, 2.45) is 0 Å². The predicted molar refractivity (Wildman–Crippen MR) is 65.7 cm³/mol. The summed E-state index contributed by atoms with van der Waals surface area (Å²) in [6, 6.07) is 6.31. The number of non-ortho nitro benzene ring substituents is 1. The minimum atomic E-state index is -0.658. The van der Waals surface area contributed by atoms with Crippen LogP contribution in [0.1, 0.15) is 5.56 Å². The number of rotatable bonds is 2. The second-order valence-corrected chi connectivity index (χ2v) is 3.76. The van der Waals surface area contributed by atoms with Gasteiger partial charge in [0.1, 0.15) is 0 Å². The van der Waals surface area contributed by atoms with Crippen molar-refractivity contribution in [1.82, 2.24) is 4.57 Å². The summed E-state index contributed by atoms with van der Waals surface area (Å²) >= 11 is 0. The number of carbonyl (C=O) groups excluding carboxylic acids is 1. The third kappa shape index (κ3) is 1.99. The van der Waals surface area contributed by atoms with E-state index in [0.29, 0.717) is 16.5 Å². The van der Waals surface area contributed by atoms with Crippen LogP contribution in [0.2, 0.25) is 0 Å². The second-order valence-electron chi connectivity index (χ2n) is 3.76. The highest BCUT2D eigenvalue weighted by Crippen LogP contribution is 2.30. The van der Waals surface area contributed by atoms with E-state index < -0.39 is 11.0 Å². The van der Waals surface area contributed by atoms with E-state index in [4.69, 9.17) is 5.26 Å².